The van der Waals surface area contributed by atoms with Crippen molar-refractivity contribution >= 4 is 5.91 Å². The molecule has 5 nitrogen and oxygen atoms in total. The van der Waals surface area contributed by atoms with E-state index in [1.165, 1.54) is 11.1 Å². The maximum Gasteiger partial charge on any atom is 0.224 e. The molecule has 0 spiro atoms. The van der Waals surface area contributed by atoms with E-state index in [0.29, 0.717) is 13.0 Å². The second-order valence-corrected chi connectivity index (χ2v) is 6.22. The Morgan fingerprint density at radius 2 is 2.25 bits per heavy atom. The smallest absolute Gasteiger partial charge is 0.224 e. The molecule has 1 atom stereocenters. The van der Waals surface area contributed by atoms with Crippen LogP contribution in [0.5, 0.6) is 5.75 Å². The zero-order chi connectivity index (χ0) is 17.1. The topological polar surface area (TPSA) is 47.4 Å². The molecule has 0 saturated carbocycles. The highest BCUT2D eigenvalue weighted by Crippen LogP contribution is 2.32. The first kappa shape index (κ1) is 16.6. The number of ether oxygens (including phenoxy) is 1. The molecule has 0 radical (unpaired) electrons. The second-order valence-electron chi connectivity index (χ2n) is 6.22. The highest BCUT2D eigenvalue weighted by atomic mass is 16.5. The molecule has 128 valence electrons. The molecule has 0 unspecified atom stereocenters. The number of aryl methyl sites for hydroxylation is 2. The SMILES string of the molecule is CCc1nccn1CCC(=O)N1CCc2ccc(OC)cc2[C@H]1C. The van der Waals surface area contributed by atoms with E-state index in [4.69, 9.17) is 4.74 Å². The number of methoxy groups -OCH3 is 1. The van der Waals surface area contributed by atoms with Crippen LogP contribution in [-0.2, 0) is 24.2 Å². The van der Waals surface area contributed by atoms with Crippen LogP contribution < -0.4 is 4.74 Å². The number of carbonyl (C=O) groups excluding carboxylic acids is 1. The van der Waals surface area contributed by atoms with E-state index in [-0.39, 0.29) is 11.9 Å². The van der Waals surface area contributed by atoms with Crippen molar-refractivity contribution in [1.82, 2.24) is 14.5 Å². The van der Waals surface area contributed by atoms with Gasteiger partial charge in [0.05, 0.1) is 13.2 Å². The van der Waals surface area contributed by atoms with E-state index < -0.39 is 0 Å². The largest absolute Gasteiger partial charge is 0.497 e. The molecule has 2 aromatic rings. The van der Waals surface area contributed by atoms with Crippen LogP contribution in [0.2, 0.25) is 0 Å². The standard InChI is InChI=1S/C19H25N3O2/c1-4-18-20-9-12-21(18)10-8-19(23)22-11-7-15-5-6-16(24-3)13-17(15)14(22)2/h5-6,9,12-14H,4,7-8,10-11H2,1-3H3/t14-/m1/s1. The lowest BCUT2D eigenvalue weighted by molar-refractivity contribution is -0.134. The van der Waals surface area contributed by atoms with Gasteiger partial charge in [-0.1, -0.05) is 13.0 Å². The summed E-state index contributed by atoms with van der Waals surface area (Å²) in [5.74, 6) is 2.08. The molecule has 0 N–H and O–H groups in total. The van der Waals surface area contributed by atoms with E-state index in [0.717, 1.165) is 31.0 Å². The van der Waals surface area contributed by atoms with Gasteiger partial charge >= 0.3 is 0 Å². The Labute approximate surface area is 143 Å². The number of fused-ring (bicyclic) bond motifs is 1. The molecule has 0 bridgehead atoms. The predicted molar refractivity (Wildman–Crippen MR) is 93.0 cm³/mol. The summed E-state index contributed by atoms with van der Waals surface area (Å²) in [5.41, 5.74) is 2.51. The minimum absolute atomic E-state index is 0.0878. The van der Waals surface area contributed by atoms with Crippen molar-refractivity contribution in [2.24, 2.45) is 0 Å². The Hall–Kier alpha value is -2.30. The van der Waals surface area contributed by atoms with E-state index in [1.54, 1.807) is 13.3 Å². The molecule has 0 saturated heterocycles. The van der Waals surface area contributed by atoms with Crippen molar-refractivity contribution in [3.63, 3.8) is 0 Å². The number of benzene rings is 1. The third-order valence-corrected chi connectivity index (χ3v) is 4.90. The van der Waals surface area contributed by atoms with Crippen LogP contribution in [0.25, 0.3) is 0 Å². The summed E-state index contributed by atoms with van der Waals surface area (Å²) < 4.78 is 7.41. The van der Waals surface area contributed by atoms with Crippen molar-refractivity contribution in [3.05, 3.63) is 47.5 Å². The minimum atomic E-state index is 0.0878. The molecule has 0 fully saturated rings. The summed E-state index contributed by atoms with van der Waals surface area (Å²) in [6.45, 7) is 5.65. The van der Waals surface area contributed by atoms with Gasteiger partial charge in [-0.3, -0.25) is 4.79 Å². The van der Waals surface area contributed by atoms with E-state index >= 15 is 0 Å². The van der Waals surface area contributed by atoms with Crippen LogP contribution in [-0.4, -0.2) is 34.0 Å². The van der Waals surface area contributed by atoms with Gasteiger partial charge in [0.1, 0.15) is 11.6 Å². The maximum absolute atomic E-state index is 12.7. The normalized spacial score (nSPS) is 16.8. The molecule has 1 amide bonds. The molecule has 1 aliphatic heterocycles. The first-order chi connectivity index (χ1) is 11.6. The van der Waals surface area contributed by atoms with Gasteiger partial charge in [0, 0.05) is 38.3 Å². The van der Waals surface area contributed by atoms with Crippen LogP contribution >= 0.6 is 0 Å². The average Bonchev–Trinajstić information content (AvgIpc) is 3.07. The third-order valence-electron chi connectivity index (χ3n) is 4.90. The summed E-state index contributed by atoms with van der Waals surface area (Å²) in [5, 5.41) is 0. The number of nitrogens with zero attached hydrogens (tertiary/aromatic N) is 3. The summed E-state index contributed by atoms with van der Waals surface area (Å²) in [4.78, 5) is 19.0. The summed E-state index contributed by atoms with van der Waals surface area (Å²) >= 11 is 0. The van der Waals surface area contributed by atoms with Crippen molar-refractivity contribution in [1.29, 1.82) is 0 Å². The molecular weight excluding hydrogens is 302 g/mol. The molecule has 1 aromatic heterocycles. The molecule has 1 aromatic carbocycles. The molecule has 5 heteroatoms. The Bertz CT molecular complexity index is 723. The molecule has 0 aliphatic carbocycles. The summed E-state index contributed by atoms with van der Waals surface area (Å²) in [6.07, 6.45) is 6.05. The van der Waals surface area contributed by atoms with Gasteiger partial charge in [-0.05, 0) is 36.6 Å². The third kappa shape index (κ3) is 3.16. The van der Waals surface area contributed by atoms with Crippen LogP contribution in [0.3, 0.4) is 0 Å². The predicted octanol–water partition coefficient (Wildman–Crippen LogP) is 2.99. The minimum Gasteiger partial charge on any atom is -0.497 e. The molecule has 2 heterocycles. The zero-order valence-corrected chi connectivity index (χ0v) is 14.7. The lowest BCUT2D eigenvalue weighted by atomic mass is 9.93. The highest BCUT2D eigenvalue weighted by molar-refractivity contribution is 5.77. The Morgan fingerprint density at radius 3 is 3.00 bits per heavy atom. The van der Waals surface area contributed by atoms with Gasteiger partial charge in [-0.15, -0.1) is 0 Å². The Morgan fingerprint density at radius 1 is 1.42 bits per heavy atom. The molecule has 1 aliphatic rings. The lowest BCUT2D eigenvalue weighted by Crippen LogP contribution is -2.39. The number of imidazole rings is 1. The van der Waals surface area contributed by atoms with Crippen LogP contribution in [0.15, 0.2) is 30.6 Å². The van der Waals surface area contributed by atoms with Gasteiger partial charge in [0.25, 0.3) is 0 Å². The summed E-state index contributed by atoms with van der Waals surface area (Å²) in [7, 11) is 1.68. The summed E-state index contributed by atoms with van der Waals surface area (Å²) in [6, 6.07) is 6.26. The van der Waals surface area contributed by atoms with Gasteiger partial charge in [-0.25, -0.2) is 4.98 Å². The van der Waals surface area contributed by atoms with E-state index in [1.807, 2.05) is 17.2 Å². The first-order valence-corrected chi connectivity index (χ1v) is 8.60. The first-order valence-electron chi connectivity index (χ1n) is 8.60. The quantitative estimate of drug-likeness (QED) is 0.848. The fourth-order valence-electron chi connectivity index (χ4n) is 3.48. The van der Waals surface area contributed by atoms with E-state index in [2.05, 4.69) is 35.5 Å². The molecular formula is C19H25N3O2. The van der Waals surface area contributed by atoms with Crippen LogP contribution in [0.1, 0.15) is 43.3 Å². The van der Waals surface area contributed by atoms with Gasteiger partial charge < -0.3 is 14.2 Å². The van der Waals surface area contributed by atoms with Crippen molar-refractivity contribution in [2.75, 3.05) is 13.7 Å². The fraction of sp³-hybridized carbons (Fsp3) is 0.474. The monoisotopic (exact) mass is 327 g/mol. The van der Waals surface area contributed by atoms with Crippen LogP contribution in [0.4, 0.5) is 0 Å². The number of amides is 1. The van der Waals surface area contributed by atoms with Crippen LogP contribution in [0, 0.1) is 0 Å². The number of carbonyl (C=O) groups is 1. The van der Waals surface area contributed by atoms with Crippen molar-refractivity contribution in [2.45, 2.75) is 45.7 Å². The van der Waals surface area contributed by atoms with Crippen molar-refractivity contribution in [3.8, 4) is 5.75 Å². The van der Waals surface area contributed by atoms with Gasteiger partial charge in [0.15, 0.2) is 0 Å². The number of aromatic nitrogens is 2. The fourth-order valence-corrected chi connectivity index (χ4v) is 3.48. The Kier molecular flexibility index (Phi) is 4.88. The number of rotatable bonds is 5. The lowest BCUT2D eigenvalue weighted by Gasteiger charge is -2.35. The average molecular weight is 327 g/mol. The zero-order valence-electron chi connectivity index (χ0n) is 14.7. The molecule has 24 heavy (non-hydrogen) atoms. The highest BCUT2D eigenvalue weighted by Gasteiger charge is 2.27. The number of hydrogen-bond donors (Lipinski definition) is 0. The van der Waals surface area contributed by atoms with Gasteiger partial charge in [0.2, 0.25) is 5.91 Å². The Balaban J connectivity index is 1.69. The number of hydrogen-bond acceptors (Lipinski definition) is 3. The van der Waals surface area contributed by atoms with Crippen molar-refractivity contribution < 1.29 is 9.53 Å². The van der Waals surface area contributed by atoms with Gasteiger partial charge in [-0.2, -0.15) is 0 Å². The second kappa shape index (κ2) is 7.07. The maximum atomic E-state index is 12.7. The molecule has 3 rings (SSSR count). The van der Waals surface area contributed by atoms with E-state index in [9.17, 15) is 4.79 Å².